The van der Waals surface area contributed by atoms with Gasteiger partial charge in [-0.1, -0.05) is 6.07 Å². The van der Waals surface area contributed by atoms with E-state index in [1.54, 1.807) is 24.3 Å². The van der Waals surface area contributed by atoms with E-state index in [-0.39, 0.29) is 11.4 Å². The van der Waals surface area contributed by atoms with Gasteiger partial charge in [-0.15, -0.1) is 0 Å². The highest BCUT2D eigenvalue weighted by Crippen LogP contribution is 2.39. The molecule has 30 heavy (non-hydrogen) atoms. The molecule has 3 N–H and O–H groups in total. The average Bonchev–Trinajstić information content (AvgIpc) is 2.73. The van der Waals surface area contributed by atoms with Crippen molar-refractivity contribution in [2.24, 2.45) is 0 Å². The minimum Gasteiger partial charge on any atom is -0.495 e. The summed E-state index contributed by atoms with van der Waals surface area (Å²) in [5, 5.41) is 26.8. The summed E-state index contributed by atoms with van der Waals surface area (Å²) in [5.41, 5.74) is 7.70. The van der Waals surface area contributed by atoms with Gasteiger partial charge < -0.3 is 15.8 Å². The van der Waals surface area contributed by atoms with E-state index in [4.69, 9.17) is 10.5 Å². The number of fused-ring (bicyclic) bond motifs is 2. The van der Waals surface area contributed by atoms with Gasteiger partial charge >= 0.3 is 0 Å². The van der Waals surface area contributed by atoms with Crippen LogP contribution in [0.25, 0.3) is 21.8 Å². The summed E-state index contributed by atoms with van der Waals surface area (Å²) >= 11 is 0. The number of ether oxygens (including phenoxy) is 1. The predicted molar refractivity (Wildman–Crippen MR) is 113 cm³/mol. The molecular weight excluding hydrogens is 390 g/mol. The summed E-state index contributed by atoms with van der Waals surface area (Å²) < 4.78 is 5.24. The SMILES string of the molecule is COc1cc(Nc2c3ccc([N+](=O)[O-])cc3nc3cccc([N+](=O)[O-])c23)ccc1N. The second kappa shape index (κ2) is 7.17. The zero-order chi connectivity index (χ0) is 21.4. The van der Waals surface area contributed by atoms with Crippen molar-refractivity contribution in [3.8, 4) is 5.75 Å². The van der Waals surface area contributed by atoms with Crippen molar-refractivity contribution in [3.63, 3.8) is 0 Å². The number of nitrogens with zero attached hydrogens (tertiary/aromatic N) is 3. The number of nitro benzene ring substituents is 2. The van der Waals surface area contributed by atoms with Gasteiger partial charge in [0, 0.05) is 35.3 Å². The van der Waals surface area contributed by atoms with Crippen LogP contribution in [0.3, 0.4) is 0 Å². The van der Waals surface area contributed by atoms with Gasteiger partial charge in [-0.25, -0.2) is 4.98 Å². The van der Waals surface area contributed by atoms with Gasteiger partial charge in [0.25, 0.3) is 11.4 Å². The van der Waals surface area contributed by atoms with Crippen molar-refractivity contribution in [2.75, 3.05) is 18.2 Å². The Morgan fingerprint density at radius 1 is 1.00 bits per heavy atom. The van der Waals surface area contributed by atoms with E-state index in [1.807, 2.05) is 0 Å². The number of nitrogens with one attached hydrogen (secondary N) is 1. The first kappa shape index (κ1) is 18.9. The molecule has 0 amide bonds. The van der Waals surface area contributed by atoms with Crippen LogP contribution in [0, 0.1) is 20.2 Å². The van der Waals surface area contributed by atoms with Crippen LogP contribution in [-0.2, 0) is 0 Å². The van der Waals surface area contributed by atoms with E-state index in [0.29, 0.717) is 44.6 Å². The van der Waals surface area contributed by atoms with E-state index in [9.17, 15) is 20.2 Å². The van der Waals surface area contributed by atoms with E-state index < -0.39 is 9.85 Å². The van der Waals surface area contributed by atoms with Gasteiger partial charge in [-0.05, 0) is 24.3 Å². The van der Waals surface area contributed by atoms with Crippen LogP contribution in [0.2, 0.25) is 0 Å². The molecule has 10 heteroatoms. The minimum absolute atomic E-state index is 0.125. The van der Waals surface area contributed by atoms with Crippen molar-refractivity contribution in [3.05, 3.63) is 74.8 Å². The summed E-state index contributed by atoms with van der Waals surface area (Å²) in [4.78, 5) is 26.3. The quantitative estimate of drug-likeness (QED) is 0.213. The maximum Gasteiger partial charge on any atom is 0.280 e. The van der Waals surface area contributed by atoms with E-state index in [2.05, 4.69) is 10.3 Å². The lowest BCUT2D eigenvalue weighted by Gasteiger charge is -2.14. The normalized spacial score (nSPS) is 10.8. The molecule has 0 fully saturated rings. The molecule has 0 atom stereocenters. The molecular formula is C20H15N5O5. The van der Waals surface area contributed by atoms with Crippen LogP contribution in [-0.4, -0.2) is 21.9 Å². The standard InChI is InChI=1S/C20H15N5O5/c1-30-18-9-11(5-8-14(18)21)22-20-13-7-6-12(24(26)27)10-16(13)23-15-3-2-4-17(19(15)20)25(28)29/h2-10H,21H2,1H3,(H,22,23). The van der Waals surface area contributed by atoms with Crippen LogP contribution in [0.1, 0.15) is 0 Å². The Morgan fingerprint density at radius 2 is 1.80 bits per heavy atom. The summed E-state index contributed by atoms with van der Waals surface area (Å²) in [7, 11) is 1.48. The van der Waals surface area contributed by atoms with Crippen molar-refractivity contribution < 1.29 is 14.6 Å². The summed E-state index contributed by atoms with van der Waals surface area (Å²) in [6.45, 7) is 0. The average molecular weight is 405 g/mol. The number of pyridine rings is 1. The molecule has 150 valence electrons. The first-order chi connectivity index (χ1) is 14.4. The Balaban J connectivity index is 2.04. The number of non-ortho nitro benzene ring substituents is 2. The lowest BCUT2D eigenvalue weighted by molar-refractivity contribution is -0.384. The van der Waals surface area contributed by atoms with Crippen LogP contribution in [0.4, 0.5) is 28.4 Å². The number of hydrogen-bond acceptors (Lipinski definition) is 8. The molecule has 0 aliphatic heterocycles. The van der Waals surface area contributed by atoms with Crippen molar-refractivity contribution >= 4 is 50.2 Å². The molecule has 1 heterocycles. The first-order valence-corrected chi connectivity index (χ1v) is 8.75. The van der Waals surface area contributed by atoms with Gasteiger partial charge in [0.05, 0.1) is 39.4 Å². The summed E-state index contributed by atoms with van der Waals surface area (Å²) in [6.07, 6.45) is 0. The molecule has 4 rings (SSSR count). The van der Waals surface area contributed by atoms with Gasteiger partial charge in [-0.3, -0.25) is 20.2 Å². The third-order valence-corrected chi connectivity index (χ3v) is 4.67. The number of nitro groups is 2. The zero-order valence-corrected chi connectivity index (χ0v) is 15.7. The highest BCUT2D eigenvalue weighted by atomic mass is 16.6. The number of aromatic nitrogens is 1. The Labute approximate surface area is 169 Å². The maximum atomic E-state index is 11.7. The van der Waals surface area contributed by atoms with Gasteiger partial charge in [0.1, 0.15) is 11.1 Å². The molecule has 0 aliphatic rings. The molecule has 0 radical (unpaired) electrons. The Hall–Kier alpha value is -4.47. The zero-order valence-electron chi connectivity index (χ0n) is 15.7. The van der Waals surface area contributed by atoms with Crippen LogP contribution in [0.5, 0.6) is 5.75 Å². The lowest BCUT2D eigenvalue weighted by Crippen LogP contribution is -2.00. The lowest BCUT2D eigenvalue weighted by atomic mass is 10.1. The third-order valence-electron chi connectivity index (χ3n) is 4.67. The largest absolute Gasteiger partial charge is 0.495 e. The van der Waals surface area contributed by atoms with Crippen molar-refractivity contribution in [1.82, 2.24) is 4.98 Å². The van der Waals surface area contributed by atoms with Gasteiger partial charge in [-0.2, -0.15) is 0 Å². The Kier molecular flexibility index (Phi) is 4.51. The van der Waals surface area contributed by atoms with E-state index >= 15 is 0 Å². The van der Waals surface area contributed by atoms with Gasteiger partial charge in [0.15, 0.2) is 0 Å². The highest BCUT2D eigenvalue weighted by molar-refractivity contribution is 6.12. The Morgan fingerprint density at radius 3 is 2.50 bits per heavy atom. The second-order valence-corrected chi connectivity index (χ2v) is 6.46. The minimum atomic E-state index is -0.517. The number of benzene rings is 3. The van der Waals surface area contributed by atoms with Gasteiger partial charge in [0.2, 0.25) is 0 Å². The molecule has 0 bridgehead atoms. The molecule has 0 aliphatic carbocycles. The van der Waals surface area contributed by atoms with Crippen LogP contribution < -0.4 is 15.8 Å². The summed E-state index contributed by atoms with van der Waals surface area (Å²) in [6, 6.07) is 13.7. The molecule has 0 saturated carbocycles. The predicted octanol–water partition coefficient (Wildman–Crippen LogP) is 4.54. The van der Waals surface area contributed by atoms with Crippen LogP contribution >= 0.6 is 0 Å². The first-order valence-electron chi connectivity index (χ1n) is 8.75. The second-order valence-electron chi connectivity index (χ2n) is 6.46. The number of nitrogen functional groups attached to an aromatic ring is 1. The topological polar surface area (TPSA) is 146 Å². The number of nitrogens with two attached hydrogens (primary N) is 1. The molecule has 0 saturated heterocycles. The smallest absolute Gasteiger partial charge is 0.280 e. The van der Waals surface area contributed by atoms with E-state index in [0.717, 1.165) is 0 Å². The maximum absolute atomic E-state index is 11.7. The molecule has 0 spiro atoms. The highest BCUT2D eigenvalue weighted by Gasteiger charge is 2.21. The molecule has 4 aromatic rings. The van der Waals surface area contributed by atoms with Crippen molar-refractivity contribution in [1.29, 1.82) is 0 Å². The number of rotatable bonds is 5. The molecule has 1 aromatic heterocycles. The third kappa shape index (κ3) is 3.15. The fourth-order valence-electron chi connectivity index (χ4n) is 3.29. The Bertz CT molecular complexity index is 1340. The monoisotopic (exact) mass is 405 g/mol. The number of hydrogen-bond donors (Lipinski definition) is 2. The number of anilines is 3. The number of methoxy groups -OCH3 is 1. The van der Waals surface area contributed by atoms with Crippen LogP contribution in [0.15, 0.2) is 54.6 Å². The summed E-state index contributed by atoms with van der Waals surface area (Å²) in [5.74, 6) is 0.438. The molecule has 10 nitrogen and oxygen atoms in total. The fraction of sp³-hybridized carbons (Fsp3) is 0.0500. The molecule has 3 aromatic carbocycles. The fourth-order valence-corrected chi connectivity index (χ4v) is 3.29. The van der Waals surface area contributed by atoms with E-state index in [1.165, 1.54) is 37.4 Å². The van der Waals surface area contributed by atoms with Crippen molar-refractivity contribution in [2.45, 2.75) is 0 Å². The molecule has 0 unspecified atom stereocenters.